The second-order valence-electron chi connectivity index (χ2n) is 5.84. The summed E-state index contributed by atoms with van der Waals surface area (Å²) in [7, 11) is 0. The van der Waals surface area contributed by atoms with E-state index in [0.717, 1.165) is 23.4 Å². The van der Waals surface area contributed by atoms with Gasteiger partial charge in [-0.1, -0.05) is 36.9 Å². The molecule has 1 atom stereocenters. The SMILES string of the molecule is O=C(O)[C@@H]1CCc2cc(C3CCCCC3)c(Cl)cc21. The van der Waals surface area contributed by atoms with Gasteiger partial charge in [-0.25, -0.2) is 0 Å². The molecule has 1 saturated carbocycles. The van der Waals surface area contributed by atoms with E-state index in [0.29, 0.717) is 5.92 Å². The van der Waals surface area contributed by atoms with Gasteiger partial charge in [-0.05, 0) is 54.4 Å². The van der Waals surface area contributed by atoms with Crippen molar-refractivity contribution in [1.29, 1.82) is 0 Å². The minimum Gasteiger partial charge on any atom is -0.481 e. The Morgan fingerprint density at radius 2 is 1.84 bits per heavy atom. The fraction of sp³-hybridized carbons (Fsp3) is 0.562. The summed E-state index contributed by atoms with van der Waals surface area (Å²) in [5.74, 6) is -0.497. The number of carbonyl (C=O) groups is 1. The highest BCUT2D eigenvalue weighted by Gasteiger charge is 2.30. The van der Waals surface area contributed by atoms with Gasteiger partial charge in [0.2, 0.25) is 0 Å². The molecule has 0 aromatic heterocycles. The van der Waals surface area contributed by atoms with Crippen LogP contribution < -0.4 is 0 Å². The number of hydrogen-bond donors (Lipinski definition) is 1. The smallest absolute Gasteiger partial charge is 0.310 e. The van der Waals surface area contributed by atoms with Gasteiger partial charge in [0.1, 0.15) is 0 Å². The topological polar surface area (TPSA) is 37.3 Å². The van der Waals surface area contributed by atoms with Crippen LogP contribution in [0.1, 0.15) is 67.1 Å². The van der Waals surface area contributed by atoms with Crippen molar-refractivity contribution in [1.82, 2.24) is 0 Å². The second-order valence-corrected chi connectivity index (χ2v) is 6.24. The molecular weight excluding hydrogens is 260 g/mol. The Balaban J connectivity index is 1.94. The largest absolute Gasteiger partial charge is 0.481 e. The number of halogens is 1. The molecular formula is C16H19ClO2. The Labute approximate surface area is 118 Å². The van der Waals surface area contributed by atoms with Gasteiger partial charge in [0.25, 0.3) is 0 Å². The summed E-state index contributed by atoms with van der Waals surface area (Å²) in [5.41, 5.74) is 3.40. The van der Waals surface area contributed by atoms with E-state index in [9.17, 15) is 9.90 Å². The minimum absolute atomic E-state index is 0.354. The Morgan fingerprint density at radius 3 is 2.53 bits per heavy atom. The molecule has 0 amide bonds. The van der Waals surface area contributed by atoms with Crippen molar-refractivity contribution < 1.29 is 9.90 Å². The normalized spacial score (nSPS) is 23.3. The summed E-state index contributed by atoms with van der Waals surface area (Å²) in [6, 6.07) is 4.11. The van der Waals surface area contributed by atoms with Crippen LogP contribution in [0.4, 0.5) is 0 Å². The summed E-state index contributed by atoms with van der Waals surface area (Å²) >= 11 is 6.42. The maximum absolute atomic E-state index is 11.2. The van der Waals surface area contributed by atoms with Crippen molar-refractivity contribution >= 4 is 17.6 Å². The van der Waals surface area contributed by atoms with Crippen molar-refractivity contribution in [2.24, 2.45) is 0 Å². The van der Waals surface area contributed by atoms with Gasteiger partial charge in [0.05, 0.1) is 5.92 Å². The maximum Gasteiger partial charge on any atom is 0.310 e. The minimum atomic E-state index is -0.722. The van der Waals surface area contributed by atoms with Crippen LogP contribution >= 0.6 is 11.6 Å². The highest BCUT2D eigenvalue weighted by molar-refractivity contribution is 6.31. The Hall–Kier alpha value is -1.02. The predicted octanol–water partition coefficient (Wildman–Crippen LogP) is 4.50. The van der Waals surface area contributed by atoms with Crippen LogP contribution in [-0.4, -0.2) is 11.1 Å². The van der Waals surface area contributed by atoms with E-state index in [1.807, 2.05) is 6.07 Å². The Kier molecular flexibility index (Phi) is 3.53. The number of fused-ring (bicyclic) bond motifs is 1. The van der Waals surface area contributed by atoms with Crippen LogP contribution in [0.25, 0.3) is 0 Å². The molecule has 1 N–H and O–H groups in total. The van der Waals surface area contributed by atoms with Crippen molar-refractivity contribution in [3.05, 3.63) is 33.8 Å². The molecule has 2 aliphatic carbocycles. The van der Waals surface area contributed by atoms with Crippen LogP contribution in [-0.2, 0) is 11.2 Å². The van der Waals surface area contributed by atoms with Gasteiger partial charge < -0.3 is 5.11 Å². The number of rotatable bonds is 2. The van der Waals surface area contributed by atoms with E-state index in [2.05, 4.69) is 6.07 Å². The number of aryl methyl sites for hydroxylation is 1. The highest BCUT2D eigenvalue weighted by Crippen LogP contribution is 2.42. The van der Waals surface area contributed by atoms with Gasteiger partial charge in [-0.2, -0.15) is 0 Å². The molecule has 2 nitrogen and oxygen atoms in total. The molecule has 2 aliphatic rings. The molecule has 0 heterocycles. The van der Waals surface area contributed by atoms with Crippen LogP contribution in [0.5, 0.6) is 0 Å². The third-order valence-corrected chi connectivity index (χ3v) is 5.01. The molecule has 19 heavy (non-hydrogen) atoms. The molecule has 1 fully saturated rings. The van der Waals surface area contributed by atoms with Gasteiger partial charge in [-0.15, -0.1) is 0 Å². The zero-order valence-corrected chi connectivity index (χ0v) is 11.7. The summed E-state index contributed by atoms with van der Waals surface area (Å²) in [6.07, 6.45) is 7.95. The average molecular weight is 279 g/mol. The fourth-order valence-electron chi connectivity index (χ4n) is 3.63. The fourth-order valence-corrected chi connectivity index (χ4v) is 3.96. The molecule has 0 radical (unpaired) electrons. The number of carboxylic acids is 1. The first-order chi connectivity index (χ1) is 9.16. The van der Waals surface area contributed by atoms with Crippen LogP contribution in [0.15, 0.2) is 12.1 Å². The predicted molar refractivity (Wildman–Crippen MR) is 76.0 cm³/mol. The lowest BCUT2D eigenvalue weighted by molar-refractivity contribution is -0.138. The summed E-state index contributed by atoms with van der Waals surface area (Å²) in [6.45, 7) is 0. The Bertz CT molecular complexity index is 504. The molecule has 1 aromatic carbocycles. The highest BCUT2D eigenvalue weighted by atomic mass is 35.5. The maximum atomic E-state index is 11.2. The Morgan fingerprint density at radius 1 is 1.11 bits per heavy atom. The molecule has 0 unspecified atom stereocenters. The van der Waals surface area contributed by atoms with E-state index >= 15 is 0 Å². The van der Waals surface area contributed by atoms with Crippen LogP contribution in [0.3, 0.4) is 0 Å². The molecule has 0 spiro atoms. The first-order valence-corrected chi connectivity index (χ1v) is 7.59. The number of carboxylic acid groups (broad SMARTS) is 1. The van der Waals surface area contributed by atoms with E-state index < -0.39 is 5.97 Å². The summed E-state index contributed by atoms with van der Waals surface area (Å²) in [4.78, 5) is 11.2. The zero-order chi connectivity index (χ0) is 13.4. The molecule has 0 saturated heterocycles. The van der Waals surface area contributed by atoms with Crippen molar-refractivity contribution in [3.8, 4) is 0 Å². The first kappa shape index (κ1) is 13.0. The first-order valence-electron chi connectivity index (χ1n) is 7.22. The van der Waals surface area contributed by atoms with Crippen molar-refractivity contribution in [2.75, 3.05) is 0 Å². The zero-order valence-electron chi connectivity index (χ0n) is 11.0. The lowest BCUT2D eigenvalue weighted by Crippen LogP contribution is -2.09. The van der Waals surface area contributed by atoms with Crippen molar-refractivity contribution in [2.45, 2.75) is 56.8 Å². The molecule has 3 heteroatoms. The van der Waals surface area contributed by atoms with Crippen molar-refractivity contribution in [3.63, 3.8) is 0 Å². The molecule has 1 aromatic rings. The average Bonchev–Trinajstić information content (AvgIpc) is 2.81. The molecule has 0 bridgehead atoms. The van der Waals surface area contributed by atoms with E-state index in [4.69, 9.17) is 11.6 Å². The molecule has 102 valence electrons. The third kappa shape index (κ3) is 2.38. The van der Waals surface area contributed by atoms with E-state index in [-0.39, 0.29) is 5.92 Å². The van der Waals surface area contributed by atoms with E-state index in [1.165, 1.54) is 43.2 Å². The second kappa shape index (κ2) is 5.16. The van der Waals surface area contributed by atoms with E-state index in [1.54, 1.807) is 0 Å². The van der Waals surface area contributed by atoms with Gasteiger partial charge >= 0.3 is 5.97 Å². The van der Waals surface area contributed by atoms with Gasteiger partial charge in [0.15, 0.2) is 0 Å². The number of aliphatic carboxylic acids is 1. The van der Waals surface area contributed by atoms with Gasteiger partial charge in [-0.3, -0.25) is 4.79 Å². The quantitative estimate of drug-likeness (QED) is 0.865. The third-order valence-electron chi connectivity index (χ3n) is 4.68. The number of hydrogen-bond acceptors (Lipinski definition) is 1. The standard InChI is InChI=1S/C16H19ClO2/c17-15-9-13-11(6-7-12(13)16(18)19)8-14(15)10-4-2-1-3-5-10/h8-10,12H,1-7H2,(H,18,19)/t12-/m1/s1. The summed E-state index contributed by atoms with van der Waals surface area (Å²) < 4.78 is 0. The summed E-state index contributed by atoms with van der Waals surface area (Å²) in [5, 5.41) is 10.0. The molecule has 0 aliphatic heterocycles. The van der Waals surface area contributed by atoms with Crippen LogP contribution in [0.2, 0.25) is 5.02 Å². The van der Waals surface area contributed by atoms with Crippen LogP contribution in [0, 0.1) is 0 Å². The molecule has 3 rings (SSSR count). The van der Waals surface area contributed by atoms with Gasteiger partial charge in [0, 0.05) is 5.02 Å². The lowest BCUT2D eigenvalue weighted by Gasteiger charge is -2.24. The lowest BCUT2D eigenvalue weighted by atomic mass is 9.83. The number of benzene rings is 1. The monoisotopic (exact) mass is 278 g/mol.